The predicted molar refractivity (Wildman–Crippen MR) is 73.8 cm³/mol. The number of hydrogen-bond acceptors (Lipinski definition) is 3. The Morgan fingerprint density at radius 1 is 1.17 bits per heavy atom. The topological polar surface area (TPSA) is 27.7 Å². The van der Waals surface area contributed by atoms with Gasteiger partial charge in [-0.3, -0.25) is 0 Å². The highest BCUT2D eigenvalue weighted by Crippen LogP contribution is 2.16. The van der Waals surface area contributed by atoms with Gasteiger partial charge in [0.15, 0.2) is 6.29 Å². The zero-order valence-electron chi connectivity index (χ0n) is 10.4. The van der Waals surface area contributed by atoms with Gasteiger partial charge in [-0.25, -0.2) is 0 Å². The normalized spacial score (nSPS) is 19.7. The van der Waals surface area contributed by atoms with Crippen molar-refractivity contribution in [2.45, 2.75) is 32.0 Å². The minimum absolute atomic E-state index is 0.00595. The Labute approximate surface area is 117 Å². The van der Waals surface area contributed by atoms with E-state index in [1.54, 1.807) is 0 Å². The second-order valence-corrected chi connectivity index (χ2v) is 5.24. The molecule has 18 heavy (non-hydrogen) atoms. The molecule has 1 unspecified atom stereocenters. The maximum atomic E-state index is 5.63. The molecule has 0 radical (unpaired) electrons. The largest absolute Gasteiger partial charge is 0.494 e. The van der Waals surface area contributed by atoms with Crippen molar-refractivity contribution in [2.75, 3.05) is 19.8 Å². The first-order valence-corrected chi connectivity index (χ1v) is 7.25. The molecule has 0 amide bonds. The minimum Gasteiger partial charge on any atom is -0.494 e. The van der Waals surface area contributed by atoms with E-state index >= 15 is 0 Å². The second-order valence-electron chi connectivity index (χ2n) is 4.32. The summed E-state index contributed by atoms with van der Waals surface area (Å²) in [5, 5.41) is 0. The Morgan fingerprint density at radius 3 is 2.72 bits per heavy atom. The van der Waals surface area contributed by atoms with Crippen LogP contribution in [0.3, 0.4) is 0 Å². The third kappa shape index (κ3) is 4.96. The van der Waals surface area contributed by atoms with Crippen LogP contribution in [0.25, 0.3) is 0 Å². The molecule has 100 valence electrons. The van der Waals surface area contributed by atoms with Crippen LogP contribution in [0.1, 0.15) is 25.7 Å². The highest BCUT2D eigenvalue weighted by molar-refractivity contribution is 9.10. The van der Waals surface area contributed by atoms with Crippen LogP contribution in [0.5, 0.6) is 5.75 Å². The summed E-state index contributed by atoms with van der Waals surface area (Å²) in [5.74, 6) is 0.895. The average Bonchev–Trinajstić information content (AvgIpc) is 2.42. The summed E-state index contributed by atoms with van der Waals surface area (Å²) in [7, 11) is 0. The van der Waals surface area contributed by atoms with E-state index in [-0.39, 0.29) is 6.29 Å². The van der Waals surface area contributed by atoms with E-state index < -0.39 is 0 Å². The molecule has 0 spiro atoms. The van der Waals surface area contributed by atoms with Gasteiger partial charge >= 0.3 is 0 Å². The quantitative estimate of drug-likeness (QED) is 0.748. The Bertz CT molecular complexity index is 333. The SMILES string of the molecule is Brc1ccc(OCCCOC2CCCCO2)cc1. The van der Waals surface area contributed by atoms with E-state index in [1.165, 1.54) is 6.42 Å². The lowest BCUT2D eigenvalue weighted by Gasteiger charge is -2.22. The number of halogens is 1. The molecular weight excluding hydrogens is 296 g/mol. The molecular formula is C14H19BrO3. The van der Waals surface area contributed by atoms with E-state index in [0.29, 0.717) is 13.2 Å². The number of rotatable bonds is 6. The van der Waals surface area contributed by atoms with E-state index in [1.807, 2.05) is 24.3 Å². The summed E-state index contributed by atoms with van der Waals surface area (Å²) < 4.78 is 17.8. The molecule has 1 atom stereocenters. The zero-order valence-corrected chi connectivity index (χ0v) is 12.0. The van der Waals surface area contributed by atoms with Gasteiger partial charge in [-0.15, -0.1) is 0 Å². The van der Waals surface area contributed by atoms with Crippen LogP contribution in [-0.4, -0.2) is 26.1 Å². The van der Waals surface area contributed by atoms with Crippen molar-refractivity contribution in [3.05, 3.63) is 28.7 Å². The lowest BCUT2D eigenvalue weighted by atomic mass is 10.2. The molecule has 0 saturated carbocycles. The Balaban J connectivity index is 1.54. The molecule has 0 N–H and O–H groups in total. The summed E-state index contributed by atoms with van der Waals surface area (Å²) in [6, 6.07) is 7.85. The fourth-order valence-electron chi connectivity index (χ4n) is 1.84. The molecule has 1 aliphatic heterocycles. The van der Waals surface area contributed by atoms with Crippen molar-refractivity contribution in [3.8, 4) is 5.75 Å². The lowest BCUT2D eigenvalue weighted by Crippen LogP contribution is -2.23. The van der Waals surface area contributed by atoms with Gasteiger partial charge in [-0.05, 0) is 43.5 Å². The molecule has 1 aromatic carbocycles. The number of benzene rings is 1. The zero-order chi connectivity index (χ0) is 12.6. The van der Waals surface area contributed by atoms with Crippen LogP contribution >= 0.6 is 15.9 Å². The van der Waals surface area contributed by atoms with Gasteiger partial charge in [0.1, 0.15) is 5.75 Å². The van der Waals surface area contributed by atoms with Crippen LogP contribution in [0, 0.1) is 0 Å². The number of hydrogen-bond donors (Lipinski definition) is 0. The highest BCUT2D eigenvalue weighted by Gasteiger charge is 2.13. The first-order valence-electron chi connectivity index (χ1n) is 6.46. The fourth-order valence-corrected chi connectivity index (χ4v) is 2.10. The van der Waals surface area contributed by atoms with E-state index in [0.717, 1.165) is 36.1 Å². The van der Waals surface area contributed by atoms with Gasteiger partial charge in [-0.2, -0.15) is 0 Å². The molecule has 1 aliphatic rings. The van der Waals surface area contributed by atoms with Gasteiger partial charge in [0.25, 0.3) is 0 Å². The first kappa shape index (κ1) is 13.8. The standard InChI is InChI=1S/C14H19BrO3/c15-12-5-7-13(8-6-12)16-10-3-11-18-14-4-1-2-9-17-14/h5-8,14H,1-4,9-11H2. The monoisotopic (exact) mass is 314 g/mol. The van der Waals surface area contributed by atoms with Gasteiger partial charge in [0.2, 0.25) is 0 Å². The molecule has 0 aromatic heterocycles. The summed E-state index contributed by atoms with van der Waals surface area (Å²) in [4.78, 5) is 0. The molecule has 0 aliphatic carbocycles. The lowest BCUT2D eigenvalue weighted by molar-refractivity contribution is -0.163. The van der Waals surface area contributed by atoms with Crippen molar-refractivity contribution < 1.29 is 14.2 Å². The second kappa shape index (κ2) is 7.77. The summed E-state index contributed by atoms with van der Waals surface area (Å²) in [5.41, 5.74) is 0. The molecule has 1 fully saturated rings. The maximum absolute atomic E-state index is 5.63. The van der Waals surface area contributed by atoms with Crippen molar-refractivity contribution >= 4 is 15.9 Å². The Kier molecular flexibility index (Phi) is 5.97. The minimum atomic E-state index is 0.00595. The molecule has 4 heteroatoms. The summed E-state index contributed by atoms with van der Waals surface area (Å²) >= 11 is 3.39. The summed E-state index contributed by atoms with van der Waals surface area (Å²) in [6.07, 6.45) is 4.28. The fraction of sp³-hybridized carbons (Fsp3) is 0.571. The third-order valence-electron chi connectivity index (χ3n) is 2.81. The molecule has 0 bridgehead atoms. The van der Waals surface area contributed by atoms with Crippen molar-refractivity contribution in [1.29, 1.82) is 0 Å². The van der Waals surface area contributed by atoms with Crippen molar-refractivity contribution in [1.82, 2.24) is 0 Å². The van der Waals surface area contributed by atoms with Gasteiger partial charge in [0.05, 0.1) is 13.2 Å². The van der Waals surface area contributed by atoms with Crippen LogP contribution in [0.15, 0.2) is 28.7 Å². The van der Waals surface area contributed by atoms with Crippen LogP contribution < -0.4 is 4.74 Å². The van der Waals surface area contributed by atoms with Crippen LogP contribution in [0.2, 0.25) is 0 Å². The van der Waals surface area contributed by atoms with Crippen molar-refractivity contribution in [3.63, 3.8) is 0 Å². The first-order chi connectivity index (χ1) is 8.84. The van der Waals surface area contributed by atoms with E-state index in [9.17, 15) is 0 Å². The maximum Gasteiger partial charge on any atom is 0.157 e. The Hall–Kier alpha value is -0.580. The summed E-state index contributed by atoms with van der Waals surface area (Å²) in [6.45, 7) is 2.20. The van der Waals surface area contributed by atoms with Gasteiger partial charge in [-0.1, -0.05) is 15.9 Å². The molecule has 1 aromatic rings. The average molecular weight is 315 g/mol. The highest BCUT2D eigenvalue weighted by atomic mass is 79.9. The Morgan fingerprint density at radius 2 is 2.00 bits per heavy atom. The smallest absolute Gasteiger partial charge is 0.157 e. The van der Waals surface area contributed by atoms with Gasteiger partial charge in [0, 0.05) is 17.5 Å². The molecule has 3 nitrogen and oxygen atoms in total. The molecule has 1 saturated heterocycles. The predicted octanol–water partition coefficient (Wildman–Crippen LogP) is 3.76. The van der Waals surface area contributed by atoms with E-state index in [2.05, 4.69) is 15.9 Å². The van der Waals surface area contributed by atoms with Crippen LogP contribution in [0.4, 0.5) is 0 Å². The van der Waals surface area contributed by atoms with E-state index in [4.69, 9.17) is 14.2 Å². The molecule has 2 rings (SSSR count). The van der Waals surface area contributed by atoms with Gasteiger partial charge < -0.3 is 14.2 Å². The van der Waals surface area contributed by atoms with Crippen LogP contribution in [-0.2, 0) is 9.47 Å². The number of ether oxygens (including phenoxy) is 3. The molecule has 1 heterocycles. The third-order valence-corrected chi connectivity index (χ3v) is 3.34. The van der Waals surface area contributed by atoms with Crippen molar-refractivity contribution in [2.24, 2.45) is 0 Å².